The number of nitrogens with zero attached hydrogens (tertiary/aromatic N) is 2. The van der Waals surface area contributed by atoms with Crippen LogP contribution in [0.3, 0.4) is 0 Å². The van der Waals surface area contributed by atoms with Crippen LogP contribution in [0.5, 0.6) is 5.75 Å². The Bertz CT molecular complexity index is 1250. The van der Waals surface area contributed by atoms with Crippen LogP contribution in [0.15, 0.2) is 52.3 Å². The summed E-state index contributed by atoms with van der Waals surface area (Å²) >= 11 is 5.22. The van der Waals surface area contributed by atoms with E-state index in [0.29, 0.717) is 31.0 Å². The first-order valence-electron chi connectivity index (χ1n) is 9.79. The van der Waals surface area contributed by atoms with E-state index >= 15 is 0 Å². The van der Waals surface area contributed by atoms with Crippen molar-refractivity contribution in [2.45, 2.75) is 26.5 Å². The predicted octanol–water partition coefficient (Wildman–Crippen LogP) is 5.47. The Labute approximate surface area is 186 Å². The Balaban J connectivity index is 1.34. The number of benzene rings is 2. The van der Waals surface area contributed by atoms with Crippen molar-refractivity contribution in [2.75, 3.05) is 6.54 Å². The molecule has 0 atom stereocenters. The number of amides is 1. The van der Waals surface area contributed by atoms with Crippen molar-refractivity contribution in [1.82, 2.24) is 14.9 Å². The minimum atomic E-state index is 0.0277. The quantitative estimate of drug-likeness (QED) is 0.420. The summed E-state index contributed by atoms with van der Waals surface area (Å²) in [6.45, 7) is 3.68. The van der Waals surface area contributed by atoms with Crippen molar-refractivity contribution in [3.05, 3.63) is 79.8 Å². The molecule has 0 radical (unpaired) electrons. The topological polar surface area (TPSA) is 58.2 Å². The molecule has 0 saturated heterocycles. The normalized spacial score (nSPS) is 13.5. The van der Waals surface area contributed by atoms with E-state index in [2.05, 4.69) is 32.0 Å². The number of hydrogen-bond donors (Lipinski definition) is 1. The molecule has 5 nitrogen and oxygen atoms in total. The third-order valence-electron chi connectivity index (χ3n) is 5.38. The van der Waals surface area contributed by atoms with Crippen molar-refractivity contribution in [1.29, 1.82) is 0 Å². The van der Waals surface area contributed by atoms with E-state index in [4.69, 9.17) is 4.74 Å². The predicted molar refractivity (Wildman–Crippen MR) is 122 cm³/mol. The SMILES string of the molecule is Cc1nc(COc2cccc(C(=O)N3CCc4[nH]c5c(Br)cccc5c4C3)c2)cs1. The summed E-state index contributed by atoms with van der Waals surface area (Å²) < 4.78 is 6.91. The molecule has 0 aliphatic carbocycles. The van der Waals surface area contributed by atoms with E-state index in [1.165, 1.54) is 16.6 Å². The van der Waals surface area contributed by atoms with Crippen molar-refractivity contribution < 1.29 is 9.53 Å². The zero-order valence-electron chi connectivity index (χ0n) is 16.4. The Kier molecular flexibility index (Phi) is 5.08. The molecule has 0 unspecified atom stereocenters. The maximum absolute atomic E-state index is 13.2. The third-order valence-corrected chi connectivity index (χ3v) is 6.86. The number of hydrogen-bond acceptors (Lipinski definition) is 4. The number of aryl methyl sites for hydroxylation is 1. The van der Waals surface area contributed by atoms with Gasteiger partial charge in [-0.15, -0.1) is 11.3 Å². The lowest BCUT2D eigenvalue weighted by Crippen LogP contribution is -2.35. The lowest BCUT2D eigenvalue weighted by atomic mass is 10.0. The highest BCUT2D eigenvalue weighted by Gasteiger charge is 2.25. The number of carbonyl (C=O) groups is 1. The van der Waals surface area contributed by atoms with E-state index < -0.39 is 0 Å². The van der Waals surface area contributed by atoms with Crippen molar-refractivity contribution >= 4 is 44.1 Å². The van der Waals surface area contributed by atoms with E-state index in [9.17, 15) is 4.79 Å². The summed E-state index contributed by atoms with van der Waals surface area (Å²) in [5, 5.41) is 4.19. The second kappa shape index (κ2) is 7.89. The van der Waals surface area contributed by atoms with Gasteiger partial charge in [-0.3, -0.25) is 4.79 Å². The number of fused-ring (bicyclic) bond motifs is 3. The molecule has 30 heavy (non-hydrogen) atoms. The van der Waals surface area contributed by atoms with Gasteiger partial charge in [0, 0.05) is 51.6 Å². The van der Waals surface area contributed by atoms with Gasteiger partial charge in [0.05, 0.1) is 16.2 Å². The standard InChI is InChI=1S/C23H20BrN3O2S/c1-14-25-16(13-30-14)12-29-17-5-2-4-15(10-17)23(28)27-9-8-21-19(11-27)18-6-3-7-20(24)22(18)26-21/h2-7,10,13,26H,8-9,11-12H2,1H3. The molecule has 1 aliphatic heterocycles. The number of nitrogens with one attached hydrogen (secondary N) is 1. The van der Waals surface area contributed by atoms with E-state index in [1.54, 1.807) is 11.3 Å². The summed E-state index contributed by atoms with van der Waals surface area (Å²) in [5.41, 5.74) is 5.08. The fourth-order valence-electron chi connectivity index (χ4n) is 3.91. The summed E-state index contributed by atoms with van der Waals surface area (Å²) in [6.07, 6.45) is 0.821. The molecule has 3 heterocycles. The number of H-pyrrole nitrogens is 1. The average molecular weight is 482 g/mol. The van der Waals surface area contributed by atoms with Gasteiger partial charge in [-0.1, -0.05) is 18.2 Å². The first-order valence-corrected chi connectivity index (χ1v) is 11.5. The molecule has 5 rings (SSSR count). The Morgan fingerprint density at radius 1 is 1.30 bits per heavy atom. The maximum atomic E-state index is 13.2. The van der Waals surface area contributed by atoms with Gasteiger partial charge >= 0.3 is 0 Å². The van der Waals surface area contributed by atoms with Crippen LogP contribution >= 0.6 is 27.3 Å². The van der Waals surface area contributed by atoms with Crippen LogP contribution in [-0.4, -0.2) is 27.3 Å². The lowest BCUT2D eigenvalue weighted by Gasteiger charge is -2.27. The highest BCUT2D eigenvalue weighted by molar-refractivity contribution is 9.10. The summed E-state index contributed by atoms with van der Waals surface area (Å²) in [6, 6.07) is 13.6. The van der Waals surface area contributed by atoms with Gasteiger partial charge in [-0.05, 0) is 47.1 Å². The first kappa shape index (κ1) is 19.3. The molecule has 2 aromatic carbocycles. The zero-order valence-corrected chi connectivity index (χ0v) is 18.8. The molecular weight excluding hydrogens is 462 g/mol. The van der Waals surface area contributed by atoms with Gasteiger partial charge in [-0.2, -0.15) is 0 Å². The number of para-hydroxylation sites is 1. The number of aromatic nitrogens is 2. The largest absolute Gasteiger partial charge is 0.487 e. The van der Waals surface area contributed by atoms with Crippen LogP contribution < -0.4 is 4.74 Å². The summed E-state index contributed by atoms with van der Waals surface area (Å²) in [7, 11) is 0. The molecule has 4 aromatic rings. The number of rotatable bonds is 4. The number of aromatic amines is 1. The van der Waals surface area contributed by atoms with E-state index in [1.807, 2.05) is 53.6 Å². The van der Waals surface area contributed by atoms with Gasteiger partial charge in [0.1, 0.15) is 12.4 Å². The smallest absolute Gasteiger partial charge is 0.254 e. The van der Waals surface area contributed by atoms with Crippen LogP contribution in [0.1, 0.15) is 32.3 Å². The van der Waals surface area contributed by atoms with Crippen LogP contribution in [0.25, 0.3) is 10.9 Å². The molecule has 7 heteroatoms. The van der Waals surface area contributed by atoms with Crippen molar-refractivity contribution in [3.63, 3.8) is 0 Å². The van der Waals surface area contributed by atoms with Gasteiger partial charge < -0.3 is 14.6 Å². The number of halogens is 1. The van der Waals surface area contributed by atoms with Crippen LogP contribution in [-0.2, 0) is 19.6 Å². The monoisotopic (exact) mass is 481 g/mol. The highest BCUT2D eigenvalue weighted by atomic mass is 79.9. The Morgan fingerprint density at radius 3 is 3.00 bits per heavy atom. The van der Waals surface area contributed by atoms with Gasteiger partial charge in [0.25, 0.3) is 5.91 Å². The summed E-state index contributed by atoms with van der Waals surface area (Å²) in [4.78, 5) is 23.1. The molecule has 152 valence electrons. The zero-order chi connectivity index (χ0) is 20.7. The second-order valence-electron chi connectivity index (χ2n) is 7.40. The second-order valence-corrected chi connectivity index (χ2v) is 9.31. The first-order chi connectivity index (χ1) is 14.6. The number of thiazole rings is 1. The Morgan fingerprint density at radius 2 is 2.17 bits per heavy atom. The molecular formula is C23H20BrN3O2S. The van der Waals surface area contributed by atoms with E-state index in [-0.39, 0.29) is 5.91 Å². The molecule has 1 aliphatic rings. The lowest BCUT2D eigenvalue weighted by molar-refractivity contribution is 0.0734. The van der Waals surface area contributed by atoms with Gasteiger partial charge in [-0.25, -0.2) is 4.98 Å². The highest BCUT2D eigenvalue weighted by Crippen LogP contribution is 2.32. The Hall–Kier alpha value is -2.64. The molecule has 1 amide bonds. The number of carbonyl (C=O) groups excluding carboxylic acids is 1. The average Bonchev–Trinajstić information content (AvgIpc) is 3.35. The minimum Gasteiger partial charge on any atom is -0.487 e. The van der Waals surface area contributed by atoms with Crippen LogP contribution in [0.2, 0.25) is 0 Å². The third kappa shape index (κ3) is 3.63. The fourth-order valence-corrected chi connectivity index (χ4v) is 4.97. The van der Waals surface area contributed by atoms with Crippen molar-refractivity contribution in [3.8, 4) is 5.75 Å². The molecule has 1 N–H and O–H groups in total. The van der Waals surface area contributed by atoms with E-state index in [0.717, 1.165) is 27.1 Å². The van der Waals surface area contributed by atoms with Crippen LogP contribution in [0.4, 0.5) is 0 Å². The number of ether oxygens (including phenoxy) is 1. The van der Waals surface area contributed by atoms with Gasteiger partial charge in [0.15, 0.2) is 0 Å². The summed E-state index contributed by atoms with van der Waals surface area (Å²) in [5.74, 6) is 0.708. The molecule has 2 aromatic heterocycles. The molecule has 0 bridgehead atoms. The maximum Gasteiger partial charge on any atom is 0.254 e. The molecule has 0 saturated carbocycles. The molecule has 0 fully saturated rings. The minimum absolute atomic E-state index is 0.0277. The van der Waals surface area contributed by atoms with Crippen molar-refractivity contribution in [2.24, 2.45) is 0 Å². The molecule has 0 spiro atoms. The van der Waals surface area contributed by atoms with Gasteiger partial charge in [0.2, 0.25) is 0 Å². The fraction of sp³-hybridized carbons (Fsp3) is 0.217. The van der Waals surface area contributed by atoms with Crippen LogP contribution in [0, 0.1) is 6.92 Å².